The van der Waals surface area contributed by atoms with Crippen molar-refractivity contribution in [1.29, 1.82) is 0 Å². The predicted octanol–water partition coefficient (Wildman–Crippen LogP) is -0.178. The smallest absolute Gasteiger partial charge is 0.0814 e. The van der Waals surface area contributed by atoms with Crippen LogP contribution >= 0.6 is 0 Å². The number of aliphatic hydroxyl groups excluding tert-OH is 2. The molecule has 4 atom stereocenters. The van der Waals surface area contributed by atoms with E-state index in [0.29, 0.717) is 12.0 Å². The molecule has 3 heteroatoms. The van der Waals surface area contributed by atoms with Crippen LogP contribution in [-0.4, -0.2) is 47.0 Å². The first-order chi connectivity index (χ1) is 5.68. The van der Waals surface area contributed by atoms with E-state index in [4.69, 9.17) is 0 Å². The molecule has 0 aromatic rings. The molecule has 1 saturated heterocycles. The van der Waals surface area contributed by atoms with Gasteiger partial charge in [-0.25, -0.2) is 0 Å². The number of hydrogen-bond donors (Lipinski definition) is 2. The summed E-state index contributed by atoms with van der Waals surface area (Å²) in [5.74, 6) is 0.619. The van der Waals surface area contributed by atoms with E-state index in [-0.39, 0.29) is 0 Å². The SMILES string of the molecule is CN1CCC2CC(O)C(O)CC21. The third-order valence-electron chi connectivity index (χ3n) is 3.43. The summed E-state index contributed by atoms with van der Waals surface area (Å²) in [6, 6.07) is 0.517. The minimum absolute atomic E-state index is 0.474. The van der Waals surface area contributed by atoms with Crippen molar-refractivity contribution >= 4 is 0 Å². The Kier molecular flexibility index (Phi) is 2.10. The number of likely N-dealkylation sites (tertiary alicyclic amines) is 1. The molecule has 3 nitrogen and oxygen atoms in total. The molecule has 2 aliphatic rings. The molecule has 0 amide bonds. The molecular weight excluding hydrogens is 154 g/mol. The molecular formula is C9H17NO2. The Morgan fingerprint density at radius 2 is 1.83 bits per heavy atom. The van der Waals surface area contributed by atoms with E-state index in [1.54, 1.807) is 0 Å². The van der Waals surface area contributed by atoms with Crippen LogP contribution in [0.5, 0.6) is 0 Å². The van der Waals surface area contributed by atoms with E-state index in [1.165, 1.54) is 6.42 Å². The van der Waals surface area contributed by atoms with Crippen LogP contribution in [0.2, 0.25) is 0 Å². The molecule has 0 radical (unpaired) electrons. The molecule has 4 unspecified atom stereocenters. The van der Waals surface area contributed by atoms with Crippen molar-refractivity contribution in [2.75, 3.05) is 13.6 Å². The van der Waals surface area contributed by atoms with Crippen LogP contribution in [0.3, 0.4) is 0 Å². The van der Waals surface area contributed by atoms with Crippen molar-refractivity contribution in [2.24, 2.45) is 5.92 Å². The number of hydrogen-bond acceptors (Lipinski definition) is 3. The summed E-state index contributed by atoms with van der Waals surface area (Å²) in [5, 5.41) is 18.9. The van der Waals surface area contributed by atoms with E-state index in [1.807, 2.05) is 0 Å². The fourth-order valence-electron chi connectivity index (χ4n) is 2.61. The summed E-state index contributed by atoms with van der Waals surface area (Å²) < 4.78 is 0. The second kappa shape index (κ2) is 2.98. The molecule has 2 fully saturated rings. The Balaban J connectivity index is 2.04. The maximum Gasteiger partial charge on any atom is 0.0814 e. The molecule has 0 aromatic carbocycles. The van der Waals surface area contributed by atoms with Gasteiger partial charge in [0.05, 0.1) is 12.2 Å². The van der Waals surface area contributed by atoms with E-state index in [2.05, 4.69) is 11.9 Å². The van der Waals surface area contributed by atoms with Crippen molar-refractivity contribution < 1.29 is 10.2 Å². The second-order valence-corrected chi connectivity index (χ2v) is 4.20. The highest BCUT2D eigenvalue weighted by Gasteiger charge is 2.40. The molecule has 1 saturated carbocycles. The van der Waals surface area contributed by atoms with Crippen LogP contribution in [0, 0.1) is 5.92 Å². The number of rotatable bonds is 0. The highest BCUT2D eigenvalue weighted by Crippen LogP contribution is 2.35. The summed E-state index contributed by atoms with van der Waals surface area (Å²) in [7, 11) is 2.11. The van der Waals surface area contributed by atoms with Crippen molar-refractivity contribution in [3.05, 3.63) is 0 Å². The summed E-state index contributed by atoms with van der Waals surface area (Å²) >= 11 is 0. The third kappa shape index (κ3) is 1.26. The van der Waals surface area contributed by atoms with E-state index >= 15 is 0 Å². The van der Waals surface area contributed by atoms with Gasteiger partial charge in [-0.3, -0.25) is 0 Å². The lowest BCUT2D eigenvalue weighted by atomic mass is 9.82. The number of aliphatic hydroxyl groups is 2. The fraction of sp³-hybridized carbons (Fsp3) is 1.00. The third-order valence-corrected chi connectivity index (χ3v) is 3.43. The molecule has 12 heavy (non-hydrogen) atoms. The molecule has 0 aromatic heterocycles. The average Bonchev–Trinajstić information content (AvgIpc) is 2.35. The van der Waals surface area contributed by atoms with E-state index < -0.39 is 12.2 Å². The van der Waals surface area contributed by atoms with E-state index in [9.17, 15) is 10.2 Å². The molecule has 1 aliphatic heterocycles. The van der Waals surface area contributed by atoms with Gasteiger partial charge in [-0.1, -0.05) is 0 Å². The van der Waals surface area contributed by atoms with Crippen molar-refractivity contribution in [3.8, 4) is 0 Å². The highest BCUT2D eigenvalue weighted by molar-refractivity contribution is 4.94. The Morgan fingerprint density at radius 3 is 2.58 bits per heavy atom. The molecule has 1 heterocycles. The topological polar surface area (TPSA) is 43.7 Å². The van der Waals surface area contributed by atoms with Gasteiger partial charge in [0.15, 0.2) is 0 Å². The molecule has 0 spiro atoms. The van der Waals surface area contributed by atoms with Crippen molar-refractivity contribution in [3.63, 3.8) is 0 Å². The minimum atomic E-state index is -0.494. The van der Waals surface area contributed by atoms with Crippen LogP contribution in [0.25, 0.3) is 0 Å². The second-order valence-electron chi connectivity index (χ2n) is 4.20. The van der Waals surface area contributed by atoms with Gasteiger partial charge in [0, 0.05) is 6.04 Å². The zero-order valence-electron chi connectivity index (χ0n) is 7.48. The Labute approximate surface area is 73.0 Å². The van der Waals surface area contributed by atoms with Gasteiger partial charge in [-0.05, 0) is 38.8 Å². The van der Waals surface area contributed by atoms with Crippen LogP contribution in [0.4, 0.5) is 0 Å². The van der Waals surface area contributed by atoms with E-state index in [0.717, 1.165) is 19.4 Å². The van der Waals surface area contributed by atoms with Gasteiger partial charge < -0.3 is 15.1 Å². The van der Waals surface area contributed by atoms with Crippen LogP contribution in [0.1, 0.15) is 19.3 Å². The normalized spacial score (nSPS) is 49.2. The van der Waals surface area contributed by atoms with Crippen LogP contribution < -0.4 is 0 Å². The monoisotopic (exact) mass is 171 g/mol. The zero-order chi connectivity index (χ0) is 8.72. The Hall–Kier alpha value is -0.120. The van der Waals surface area contributed by atoms with Gasteiger partial charge in [-0.15, -0.1) is 0 Å². The summed E-state index contributed by atoms with van der Waals surface area (Å²) in [4.78, 5) is 2.31. The average molecular weight is 171 g/mol. The van der Waals surface area contributed by atoms with Crippen molar-refractivity contribution in [2.45, 2.75) is 37.5 Å². The first-order valence-corrected chi connectivity index (χ1v) is 4.75. The lowest BCUT2D eigenvalue weighted by Crippen LogP contribution is -2.44. The van der Waals surface area contributed by atoms with Gasteiger partial charge >= 0.3 is 0 Å². The van der Waals surface area contributed by atoms with Gasteiger partial charge in [0.25, 0.3) is 0 Å². The first-order valence-electron chi connectivity index (χ1n) is 4.75. The van der Waals surface area contributed by atoms with Crippen LogP contribution in [-0.2, 0) is 0 Å². The molecule has 2 rings (SSSR count). The quantitative estimate of drug-likeness (QED) is 0.531. The van der Waals surface area contributed by atoms with Gasteiger partial charge in [0.1, 0.15) is 0 Å². The van der Waals surface area contributed by atoms with Crippen molar-refractivity contribution in [1.82, 2.24) is 4.90 Å². The summed E-state index contributed by atoms with van der Waals surface area (Å²) in [6.45, 7) is 1.12. The first kappa shape index (κ1) is 8.48. The standard InChI is InChI=1S/C9H17NO2/c1-10-3-2-6-4-8(11)9(12)5-7(6)10/h6-9,11-12H,2-5H2,1H3. The minimum Gasteiger partial charge on any atom is -0.390 e. The predicted molar refractivity (Wildman–Crippen MR) is 45.8 cm³/mol. The molecule has 2 N–H and O–H groups in total. The van der Waals surface area contributed by atoms with Crippen LogP contribution in [0.15, 0.2) is 0 Å². The number of nitrogens with zero attached hydrogens (tertiary/aromatic N) is 1. The maximum absolute atomic E-state index is 9.47. The van der Waals surface area contributed by atoms with Gasteiger partial charge in [-0.2, -0.15) is 0 Å². The zero-order valence-corrected chi connectivity index (χ0v) is 7.48. The highest BCUT2D eigenvalue weighted by atomic mass is 16.3. The van der Waals surface area contributed by atoms with Gasteiger partial charge in [0.2, 0.25) is 0 Å². The summed E-state index contributed by atoms with van der Waals surface area (Å²) in [6.07, 6.45) is 1.76. The lowest BCUT2D eigenvalue weighted by molar-refractivity contribution is -0.0412. The Morgan fingerprint density at radius 1 is 1.17 bits per heavy atom. The Bertz CT molecular complexity index is 174. The molecule has 70 valence electrons. The fourth-order valence-corrected chi connectivity index (χ4v) is 2.61. The number of fused-ring (bicyclic) bond motifs is 1. The largest absolute Gasteiger partial charge is 0.390 e. The molecule has 0 bridgehead atoms. The lowest BCUT2D eigenvalue weighted by Gasteiger charge is -2.35. The summed E-state index contributed by atoms with van der Waals surface area (Å²) in [5.41, 5.74) is 0. The molecule has 1 aliphatic carbocycles. The maximum atomic E-state index is 9.47.